The van der Waals surface area contributed by atoms with Gasteiger partial charge in [0.25, 0.3) is 0 Å². The van der Waals surface area contributed by atoms with Gasteiger partial charge in [-0.1, -0.05) is 23.7 Å². The molecule has 218 valence electrons. The number of hydrogen-bond acceptors (Lipinski definition) is 9. The minimum absolute atomic E-state index is 0.0441. The number of nitrogens with one attached hydrogen (secondary N) is 1. The van der Waals surface area contributed by atoms with Gasteiger partial charge in [0.05, 0.1) is 40.2 Å². The fourth-order valence-electron chi connectivity index (χ4n) is 4.01. The van der Waals surface area contributed by atoms with E-state index in [1.807, 2.05) is 0 Å². The summed E-state index contributed by atoms with van der Waals surface area (Å²) < 4.78 is 62.1. The lowest BCUT2D eigenvalue weighted by atomic mass is 10.1. The normalized spacial score (nSPS) is 11.6. The number of anilines is 2. The Morgan fingerprint density at radius 2 is 1.90 bits per heavy atom. The number of thiazole rings is 1. The molecule has 8 nitrogen and oxygen atoms in total. The molecule has 2 heterocycles. The Balaban J connectivity index is 1.30. The van der Waals surface area contributed by atoms with E-state index in [0.29, 0.717) is 63.0 Å². The molecule has 1 N–H and O–H groups in total. The molecule has 42 heavy (non-hydrogen) atoms. The standard InChI is InChI=1S/C29H25ClF2N4O4S2/c1-42(37,38)10-9-39-8-7-28-36-26(16-41-28)21-13-22-25(14-24(21)32)33-17-34-29(22)35-20-5-6-27(23(30)12-20)40-15-18-3-2-4-19(31)11-18/h2-6,11-14,16-17H,7-10,15H2,1H3,(H,33,34,35). The third kappa shape index (κ3) is 7.77. The summed E-state index contributed by atoms with van der Waals surface area (Å²) in [5.74, 6) is 0.0169. The monoisotopic (exact) mass is 630 g/mol. The molecular formula is C29H25ClF2N4O4S2. The van der Waals surface area contributed by atoms with Crippen LogP contribution in [0.1, 0.15) is 10.6 Å². The predicted molar refractivity (Wildman–Crippen MR) is 160 cm³/mol. The van der Waals surface area contributed by atoms with E-state index in [1.54, 1.807) is 41.8 Å². The maximum Gasteiger partial charge on any atom is 0.149 e. The number of rotatable bonds is 12. The fraction of sp³-hybridized carbons (Fsp3) is 0.207. The van der Waals surface area contributed by atoms with E-state index in [2.05, 4.69) is 20.3 Å². The molecular weight excluding hydrogens is 606 g/mol. The van der Waals surface area contributed by atoms with Crippen LogP contribution in [0.25, 0.3) is 22.2 Å². The van der Waals surface area contributed by atoms with Crippen molar-refractivity contribution in [1.82, 2.24) is 15.0 Å². The Kier molecular flexibility index (Phi) is 9.27. The summed E-state index contributed by atoms with van der Waals surface area (Å²) in [7, 11) is -3.08. The average Bonchev–Trinajstić information content (AvgIpc) is 3.40. The molecule has 0 fully saturated rings. The quantitative estimate of drug-likeness (QED) is 0.154. The molecule has 5 aromatic rings. The summed E-state index contributed by atoms with van der Waals surface area (Å²) in [6.07, 6.45) is 2.97. The number of aromatic nitrogens is 3. The van der Waals surface area contributed by atoms with Crippen molar-refractivity contribution in [3.05, 3.63) is 93.5 Å². The van der Waals surface area contributed by atoms with Crippen molar-refractivity contribution < 1.29 is 26.7 Å². The van der Waals surface area contributed by atoms with Crippen LogP contribution < -0.4 is 10.1 Å². The van der Waals surface area contributed by atoms with Gasteiger partial charge in [0.15, 0.2) is 0 Å². The number of fused-ring (bicyclic) bond motifs is 1. The van der Waals surface area contributed by atoms with Crippen LogP contribution >= 0.6 is 22.9 Å². The first-order chi connectivity index (χ1) is 20.1. The molecule has 0 aliphatic carbocycles. The number of ether oxygens (including phenoxy) is 2. The molecule has 0 amide bonds. The summed E-state index contributed by atoms with van der Waals surface area (Å²) in [5, 5.41) is 6.63. The molecule has 0 bridgehead atoms. The molecule has 2 aromatic heterocycles. The molecule has 0 aliphatic heterocycles. The van der Waals surface area contributed by atoms with Crippen LogP contribution in [0.15, 0.2) is 66.3 Å². The van der Waals surface area contributed by atoms with Gasteiger partial charge < -0.3 is 14.8 Å². The Bertz CT molecular complexity index is 1840. The van der Waals surface area contributed by atoms with Crippen molar-refractivity contribution in [3.63, 3.8) is 0 Å². The van der Waals surface area contributed by atoms with Gasteiger partial charge in [-0.25, -0.2) is 32.2 Å². The lowest BCUT2D eigenvalue weighted by molar-refractivity contribution is 0.152. The first kappa shape index (κ1) is 29.8. The zero-order chi connectivity index (χ0) is 29.7. The summed E-state index contributed by atoms with van der Waals surface area (Å²) in [6.45, 7) is 0.577. The number of sulfone groups is 1. The van der Waals surface area contributed by atoms with E-state index < -0.39 is 15.7 Å². The van der Waals surface area contributed by atoms with Crippen molar-refractivity contribution >= 4 is 55.2 Å². The van der Waals surface area contributed by atoms with Crippen molar-refractivity contribution in [1.29, 1.82) is 0 Å². The van der Waals surface area contributed by atoms with Crippen molar-refractivity contribution in [2.75, 3.05) is 30.5 Å². The number of nitrogens with zero attached hydrogens (tertiary/aromatic N) is 3. The fourth-order valence-corrected chi connectivity index (χ4v) is 5.45. The molecule has 0 radical (unpaired) electrons. The second-order valence-electron chi connectivity index (χ2n) is 9.38. The third-order valence-corrected chi connectivity index (χ3v) is 8.20. The van der Waals surface area contributed by atoms with Crippen molar-refractivity contribution in [2.45, 2.75) is 13.0 Å². The molecule has 0 unspecified atom stereocenters. The van der Waals surface area contributed by atoms with Gasteiger partial charge in [0.2, 0.25) is 0 Å². The third-order valence-electron chi connectivity index (χ3n) is 6.09. The highest BCUT2D eigenvalue weighted by atomic mass is 35.5. The Hall–Kier alpha value is -3.71. The molecule has 3 aromatic carbocycles. The Morgan fingerprint density at radius 1 is 1.05 bits per heavy atom. The van der Waals surface area contributed by atoms with Crippen LogP contribution in [0.2, 0.25) is 5.02 Å². The average molecular weight is 631 g/mol. The topological polar surface area (TPSA) is 103 Å². The second-order valence-corrected chi connectivity index (χ2v) is 13.0. The summed E-state index contributed by atoms with van der Waals surface area (Å²) in [5.41, 5.74) is 2.46. The molecule has 0 saturated heterocycles. The van der Waals surface area contributed by atoms with Crippen LogP contribution in [-0.2, 0) is 27.6 Å². The zero-order valence-corrected chi connectivity index (χ0v) is 24.7. The molecule has 0 spiro atoms. The lowest BCUT2D eigenvalue weighted by Gasteiger charge is -2.12. The largest absolute Gasteiger partial charge is 0.487 e. The Labute approximate surface area is 250 Å². The smallest absolute Gasteiger partial charge is 0.149 e. The first-order valence-corrected chi connectivity index (χ1v) is 16.0. The van der Waals surface area contributed by atoms with Gasteiger partial charge in [-0.15, -0.1) is 11.3 Å². The van der Waals surface area contributed by atoms with Crippen LogP contribution in [0.5, 0.6) is 5.75 Å². The van der Waals surface area contributed by atoms with Gasteiger partial charge in [0.1, 0.15) is 46.0 Å². The summed E-state index contributed by atoms with van der Waals surface area (Å²) >= 11 is 7.82. The van der Waals surface area contributed by atoms with Gasteiger partial charge >= 0.3 is 0 Å². The number of hydrogen-bond donors (Lipinski definition) is 1. The SMILES string of the molecule is CS(=O)(=O)CCOCCc1nc(-c2cc3c(Nc4ccc(OCc5cccc(F)c5)c(Cl)c4)ncnc3cc2F)cs1. The molecule has 0 saturated carbocycles. The van der Waals surface area contributed by atoms with Gasteiger partial charge in [-0.2, -0.15) is 0 Å². The molecule has 0 atom stereocenters. The van der Waals surface area contributed by atoms with Crippen LogP contribution in [0, 0.1) is 11.6 Å². The van der Waals surface area contributed by atoms with Crippen LogP contribution in [0.4, 0.5) is 20.3 Å². The maximum atomic E-state index is 15.1. The highest BCUT2D eigenvalue weighted by molar-refractivity contribution is 7.90. The van der Waals surface area contributed by atoms with E-state index in [0.717, 1.165) is 11.3 Å². The molecule has 0 aliphatic rings. The number of benzene rings is 3. The van der Waals surface area contributed by atoms with E-state index in [4.69, 9.17) is 21.1 Å². The highest BCUT2D eigenvalue weighted by Gasteiger charge is 2.15. The minimum atomic E-state index is -3.08. The van der Waals surface area contributed by atoms with E-state index >= 15 is 4.39 Å². The maximum absolute atomic E-state index is 15.1. The van der Waals surface area contributed by atoms with Crippen LogP contribution in [-0.4, -0.2) is 48.6 Å². The van der Waals surface area contributed by atoms with Gasteiger partial charge in [-0.05, 0) is 42.0 Å². The highest BCUT2D eigenvalue weighted by Crippen LogP contribution is 2.34. The lowest BCUT2D eigenvalue weighted by Crippen LogP contribution is -2.11. The van der Waals surface area contributed by atoms with E-state index in [-0.39, 0.29) is 24.8 Å². The zero-order valence-electron chi connectivity index (χ0n) is 22.3. The summed E-state index contributed by atoms with van der Waals surface area (Å²) in [4.78, 5) is 13.1. The predicted octanol–water partition coefficient (Wildman–Crippen LogP) is 6.61. The Morgan fingerprint density at radius 3 is 2.69 bits per heavy atom. The summed E-state index contributed by atoms with van der Waals surface area (Å²) in [6, 6.07) is 14.2. The van der Waals surface area contributed by atoms with Gasteiger partial charge in [0, 0.05) is 40.8 Å². The minimum Gasteiger partial charge on any atom is -0.487 e. The van der Waals surface area contributed by atoms with E-state index in [9.17, 15) is 12.8 Å². The van der Waals surface area contributed by atoms with Crippen molar-refractivity contribution in [2.24, 2.45) is 0 Å². The van der Waals surface area contributed by atoms with Crippen molar-refractivity contribution in [3.8, 4) is 17.0 Å². The van der Waals surface area contributed by atoms with Crippen LogP contribution in [0.3, 0.4) is 0 Å². The molecule has 13 heteroatoms. The number of halogens is 3. The van der Waals surface area contributed by atoms with Gasteiger partial charge in [-0.3, -0.25) is 0 Å². The van der Waals surface area contributed by atoms with E-state index in [1.165, 1.54) is 35.9 Å². The first-order valence-electron chi connectivity index (χ1n) is 12.7. The molecule has 5 rings (SSSR count). The second kappa shape index (κ2) is 13.1.